The summed E-state index contributed by atoms with van der Waals surface area (Å²) in [4.78, 5) is 0. The van der Waals surface area contributed by atoms with E-state index in [9.17, 15) is 0 Å². The molecule has 0 saturated heterocycles. The summed E-state index contributed by atoms with van der Waals surface area (Å²) >= 11 is 0. The van der Waals surface area contributed by atoms with Crippen molar-refractivity contribution in [2.75, 3.05) is 13.7 Å². The third kappa shape index (κ3) is 3.00. The van der Waals surface area contributed by atoms with Crippen molar-refractivity contribution >= 4 is 0 Å². The molecular formula is C16H29N3O. The van der Waals surface area contributed by atoms with Crippen LogP contribution in [-0.2, 0) is 6.54 Å². The maximum atomic E-state index is 5.57. The van der Waals surface area contributed by atoms with Gasteiger partial charge in [-0.25, -0.2) is 0 Å². The molecule has 1 aromatic rings. The lowest BCUT2D eigenvalue weighted by atomic mass is 9.88. The first kappa shape index (κ1) is 15.4. The van der Waals surface area contributed by atoms with Gasteiger partial charge in [0, 0.05) is 6.54 Å². The molecule has 1 fully saturated rings. The van der Waals surface area contributed by atoms with E-state index < -0.39 is 0 Å². The minimum atomic E-state index is 0.363. The van der Waals surface area contributed by atoms with Crippen molar-refractivity contribution < 1.29 is 4.74 Å². The lowest BCUT2D eigenvalue weighted by Crippen LogP contribution is -2.32. The average Bonchev–Trinajstić information content (AvgIpc) is 3.03. The Morgan fingerprint density at radius 1 is 1.45 bits per heavy atom. The highest BCUT2D eigenvalue weighted by atomic mass is 16.5. The summed E-state index contributed by atoms with van der Waals surface area (Å²) in [5.74, 6) is 2.40. The molecule has 0 bridgehead atoms. The monoisotopic (exact) mass is 279 g/mol. The minimum absolute atomic E-state index is 0.363. The van der Waals surface area contributed by atoms with Gasteiger partial charge in [-0.05, 0) is 31.2 Å². The first-order valence-corrected chi connectivity index (χ1v) is 8.05. The second kappa shape index (κ2) is 7.11. The number of nitrogens with zero attached hydrogens (tertiary/aromatic N) is 2. The van der Waals surface area contributed by atoms with E-state index in [0.717, 1.165) is 31.2 Å². The fourth-order valence-electron chi connectivity index (χ4n) is 3.58. The van der Waals surface area contributed by atoms with Crippen LogP contribution in [0.3, 0.4) is 0 Å². The minimum Gasteiger partial charge on any atom is -0.493 e. The topological polar surface area (TPSA) is 39.1 Å². The number of ether oxygens (including phenoxy) is 1. The maximum absolute atomic E-state index is 5.57. The van der Waals surface area contributed by atoms with Crippen molar-refractivity contribution in [2.45, 2.75) is 59.0 Å². The molecule has 1 aliphatic carbocycles. The second-order valence-electron chi connectivity index (χ2n) is 5.93. The lowest BCUT2D eigenvalue weighted by molar-refractivity contribution is 0.281. The van der Waals surface area contributed by atoms with E-state index in [-0.39, 0.29) is 0 Å². The molecule has 0 amide bonds. The third-order valence-electron chi connectivity index (χ3n) is 4.57. The van der Waals surface area contributed by atoms with Crippen molar-refractivity contribution in [1.29, 1.82) is 0 Å². The van der Waals surface area contributed by atoms with Gasteiger partial charge in [0.25, 0.3) is 0 Å². The lowest BCUT2D eigenvalue weighted by Gasteiger charge is -2.29. The van der Waals surface area contributed by atoms with Gasteiger partial charge in [0.05, 0.1) is 25.0 Å². The molecule has 1 heterocycles. The summed E-state index contributed by atoms with van der Waals surface area (Å²) in [6.07, 6.45) is 6.96. The number of aromatic nitrogens is 2. The Morgan fingerprint density at radius 3 is 2.80 bits per heavy atom. The van der Waals surface area contributed by atoms with E-state index in [4.69, 9.17) is 4.74 Å². The molecule has 1 aliphatic rings. The summed E-state index contributed by atoms with van der Waals surface area (Å²) < 4.78 is 7.71. The van der Waals surface area contributed by atoms with Crippen LogP contribution < -0.4 is 10.1 Å². The Hall–Kier alpha value is -1.03. The normalized spacial score (nSPS) is 24.0. The number of methoxy groups -OCH3 is 1. The van der Waals surface area contributed by atoms with Crippen LogP contribution in [0.15, 0.2) is 6.20 Å². The van der Waals surface area contributed by atoms with Gasteiger partial charge in [0.1, 0.15) is 0 Å². The zero-order valence-electron chi connectivity index (χ0n) is 13.4. The molecule has 20 heavy (non-hydrogen) atoms. The summed E-state index contributed by atoms with van der Waals surface area (Å²) in [6.45, 7) is 8.70. The average molecular weight is 279 g/mol. The van der Waals surface area contributed by atoms with E-state index in [1.807, 2.05) is 6.20 Å². The predicted molar refractivity (Wildman–Crippen MR) is 82.0 cm³/mol. The van der Waals surface area contributed by atoms with Gasteiger partial charge in [-0.15, -0.1) is 0 Å². The van der Waals surface area contributed by atoms with Gasteiger partial charge in [-0.2, -0.15) is 5.10 Å². The smallest absolute Gasteiger partial charge is 0.161 e. The Labute approximate surface area is 122 Å². The van der Waals surface area contributed by atoms with Gasteiger partial charge in [0.15, 0.2) is 5.75 Å². The van der Waals surface area contributed by atoms with E-state index in [1.165, 1.54) is 25.0 Å². The molecule has 3 unspecified atom stereocenters. The van der Waals surface area contributed by atoms with E-state index >= 15 is 0 Å². The van der Waals surface area contributed by atoms with Crippen molar-refractivity contribution in [3.8, 4) is 5.75 Å². The fraction of sp³-hybridized carbons (Fsp3) is 0.812. The molecule has 1 N–H and O–H groups in total. The SMILES string of the molecule is CCCn1ncc(OC)c1C(NCC)C1CCCC1C. The molecule has 1 saturated carbocycles. The number of rotatable bonds is 7. The first-order valence-electron chi connectivity index (χ1n) is 8.05. The Kier molecular flexibility index (Phi) is 5.46. The summed E-state index contributed by atoms with van der Waals surface area (Å²) in [6, 6.07) is 0.363. The van der Waals surface area contributed by atoms with Crippen LogP contribution in [0.1, 0.15) is 58.2 Å². The summed E-state index contributed by atoms with van der Waals surface area (Å²) in [5, 5.41) is 8.22. The van der Waals surface area contributed by atoms with Crippen molar-refractivity contribution in [1.82, 2.24) is 15.1 Å². The molecule has 114 valence electrons. The molecule has 0 aromatic carbocycles. The summed E-state index contributed by atoms with van der Waals surface area (Å²) in [7, 11) is 1.75. The van der Waals surface area contributed by atoms with Crippen LogP contribution in [0.5, 0.6) is 5.75 Å². The molecule has 1 aromatic heterocycles. The highest BCUT2D eigenvalue weighted by Gasteiger charge is 2.35. The highest BCUT2D eigenvalue weighted by molar-refractivity contribution is 5.29. The van der Waals surface area contributed by atoms with Gasteiger partial charge in [-0.1, -0.05) is 33.6 Å². The van der Waals surface area contributed by atoms with Gasteiger partial charge in [0.2, 0.25) is 0 Å². The van der Waals surface area contributed by atoms with Crippen molar-refractivity contribution in [3.05, 3.63) is 11.9 Å². The zero-order valence-corrected chi connectivity index (χ0v) is 13.4. The molecule has 2 rings (SSSR count). The number of aryl methyl sites for hydroxylation is 1. The van der Waals surface area contributed by atoms with Crippen LogP contribution in [-0.4, -0.2) is 23.4 Å². The van der Waals surface area contributed by atoms with Gasteiger partial charge in [-0.3, -0.25) is 4.68 Å². The Morgan fingerprint density at radius 2 is 2.25 bits per heavy atom. The molecular weight excluding hydrogens is 250 g/mol. The number of hydrogen-bond donors (Lipinski definition) is 1. The van der Waals surface area contributed by atoms with E-state index in [2.05, 4.69) is 35.9 Å². The van der Waals surface area contributed by atoms with Crippen LogP contribution in [0.25, 0.3) is 0 Å². The maximum Gasteiger partial charge on any atom is 0.161 e. The molecule has 0 radical (unpaired) electrons. The Bertz CT molecular complexity index is 416. The Balaban J connectivity index is 2.34. The molecule has 0 aliphatic heterocycles. The number of nitrogens with one attached hydrogen (secondary N) is 1. The van der Waals surface area contributed by atoms with Crippen LogP contribution in [0.4, 0.5) is 0 Å². The van der Waals surface area contributed by atoms with E-state index in [1.54, 1.807) is 7.11 Å². The standard InChI is InChI=1S/C16H29N3O/c1-5-10-19-16(14(20-4)11-18-19)15(17-6-2)13-9-7-8-12(13)3/h11-13,15,17H,5-10H2,1-4H3. The van der Waals surface area contributed by atoms with Crippen molar-refractivity contribution in [3.63, 3.8) is 0 Å². The van der Waals surface area contributed by atoms with Crippen LogP contribution >= 0.6 is 0 Å². The number of hydrogen-bond acceptors (Lipinski definition) is 3. The fourth-order valence-corrected chi connectivity index (χ4v) is 3.58. The zero-order chi connectivity index (χ0) is 14.5. The van der Waals surface area contributed by atoms with Crippen molar-refractivity contribution in [2.24, 2.45) is 11.8 Å². The first-order chi connectivity index (χ1) is 9.72. The summed E-state index contributed by atoms with van der Waals surface area (Å²) in [5.41, 5.74) is 1.25. The predicted octanol–water partition coefficient (Wildman–Crippen LogP) is 3.39. The molecule has 0 spiro atoms. The largest absolute Gasteiger partial charge is 0.493 e. The van der Waals surface area contributed by atoms with Gasteiger partial charge >= 0.3 is 0 Å². The third-order valence-corrected chi connectivity index (χ3v) is 4.57. The van der Waals surface area contributed by atoms with Gasteiger partial charge < -0.3 is 10.1 Å². The van der Waals surface area contributed by atoms with Crippen LogP contribution in [0, 0.1) is 11.8 Å². The second-order valence-corrected chi connectivity index (χ2v) is 5.93. The molecule has 4 heteroatoms. The molecule has 3 atom stereocenters. The quantitative estimate of drug-likeness (QED) is 0.831. The van der Waals surface area contributed by atoms with E-state index in [0.29, 0.717) is 12.0 Å². The molecule has 4 nitrogen and oxygen atoms in total. The highest BCUT2D eigenvalue weighted by Crippen LogP contribution is 2.42. The van der Waals surface area contributed by atoms with Crippen LogP contribution in [0.2, 0.25) is 0 Å².